The highest BCUT2D eigenvalue weighted by molar-refractivity contribution is 5.20. The molecule has 0 aliphatic heterocycles. The third kappa shape index (κ3) is 4.92. The van der Waals surface area contributed by atoms with Crippen LogP contribution in [0.1, 0.15) is 57.4 Å². The summed E-state index contributed by atoms with van der Waals surface area (Å²) < 4.78 is 0. The Balaban J connectivity index is 1.88. The van der Waals surface area contributed by atoms with Crippen molar-refractivity contribution in [2.24, 2.45) is 5.92 Å². The molecule has 0 amide bonds. The number of hydrogen-bond donors (Lipinski definition) is 2. The fraction of sp³-hybridized carbons (Fsp3) is 0.667. The van der Waals surface area contributed by atoms with E-state index in [0.29, 0.717) is 12.0 Å². The Kier molecular flexibility index (Phi) is 6.06. The van der Waals surface area contributed by atoms with Crippen LogP contribution in [-0.2, 0) is 0 Å². The van der Waals surface area contributed by atoms with E-state index in [0.717, 1.165) is 18.9 Å². The number of nitrogens with one attached hydrogen (secondary N) is 1. The molecule has 1 aliphatic rings. The summed E-state index contributed by atoms with van der Waals surface area (Å²) in [5.74, 6) is 1.31. The molecule has 0 heterocycles. The van der Waals surface area contributed by atoms with E-state index < -0.39 is 0 Å². The molecule has 1 aromatic rings. The highest BCUT2D eigenvalue weighted by Gasteiger charge is 2.20. The first-order valence-electron chi connectivity index (χ1n) is 8.11. The molecule has 112 valence electrons. The SMILES string of the molecule is CC(O)CC(CNC1CCC(C)CC1)c1ccccc1. The second kappa shape index (κ2) is 7.80. The molecule has 1 fully saturated rings. The lowest BCUT2D eigenvalue weighted by molar-refractivity contribution is 0.171. The van der Waals surface area contributed by atoms with Gasteiger partial charge in [0.2, 0.25) is 0 Å². The number of aliphatic hydroxyl groups excluding tert-OH is 1. The number of hydrogen-bond acceptors (Lipinski definition) is 2. The minimum Gasteiger partial charge on any atom is -0.393 e. The van der Waals surface area contributed by atoms with E-state index in [4.69, 9.17) is 0 Å². The van der Waals surface area contributed by atoms with Crippen LogP contribution in [0, 0.1) is 5.92 Å². The molecule has 1 aromatic carbocycles. The molecule has 0 radical (unpaired) electrons. The van der Waals surface area contributed by atoms with E-state index in [1.54, 1.807) is 0 Å². The Morgan fingerprint density at radius 1 is 1.15 bits per heavy atom. The average molecular weight is 275 g/mol. The average Bonchev–Trinajstić information content (AvgIpc) is 2.46. The normalized spacial score (nSPS) is 26.1. The van der Waals surface area contributed by atoms with Gasteiger partial charge >= 0.3 is 0 Å². The fourth-order valence-corrected chi connectivity index (χ4v) is 3.25. The molecule has 2 N–H and O–H groups in total. The van der Waals surface area contributed by atoms with Gasteiger partial charge in [-0.25, -0.2) is 0 Å². The van der Waals surface area contributed by atoms with Gasteiger partial charge < -0.3 is 10.4 Å². The van der Waals surface area contributed by atoms with Gasteiger partial charge in [0.1, 0.15) is 0 Å². The fourth-order valence-electron chi connectivity index (χ4n) is 3.25. The second-order valence-electron chi connectivity index (χ2n) is 6.56. The zero-order valence-electron chi connectivity index (χ0n) is 12.9. The first kappa shape index (κ1) is 15.5. The number of rotatable bonds is 6. The zero-order valence-corrected chi connectivity index (χ0v) is 12.9. The third-order valence-corrected chi connectivity index (χ3v) is 4.57. The summed E-state index contributed by atoms with van der Waals surface area (Å²) >= 11 is 0. The summed E-state index contributed by atoms with van der Waals surface area (Å²) in [6.07, 6.45) is 5.90. The Bertz CT molecular complexity index is 368. The van der Waals surface area contributed by atoms with Gasteiger partial charge in [-0.2, -0.15) is 0 Å². The van der Waals surface area contributed by atoms with E-state index in [1.165, 1.54) is 31.2 Å². The van der Waals surface area contributed by atoms with Gasteiger partial charge in [0, 0.05) is 12.6 Å². The summed E-state index contributed by atoms with van der Waals surface area (Å²) in [6.45, 7) is 5.22. The zero-order chi connectivity index (χ0) is 14.4. The molecule has 2 rings (SSSR count). The van der Waals surface area contributed by atoms with Gasteiger partial charge in [0.25, 0.3) is 0 Å². The lowest BCUT2D eigenvalue weighted by Gasteiger charge is -2.29. The lowest BCUT2D eigenvalue weighted by Crippen LogP contribution is -2.36. The summed E-state index contributed by atoms with van der Waals surface area (Å²) in [7, 11) is 0. The Morgan fingerprint density at radius 2 is 1.80 bits per heavy atom. The Hall–Kier alpha value is -0.860. The second-order valence-corrected chi connectivity index (χ2v) is 6.56. The van der Waals surface area contributed by atoms with Crippen molar-refractivity contribution in [3.8, 4) is 0 Å². The van der Waals surface area contributed by atoms with Crippen molar-refractivity contribution in [1.29, 1.82) is 0 Å². The third-order valence-electron chi connectivity index (χ3n) is 4.57. The Morgan fingerprint density at radius 3 is 2.40 bits per heavy atom. The maximum absolute atomic E-state index is 9.73. The van der Waals surface area contributed by atoms with E-state index in [9.17, 15) is 5.11 Å². The minimum atomic E-state index is -0.242. The molecule has 1 saturated carbocycles. The maximum Gasteiger partial charge on any atom is 0.0518 e. The van der Waals surface area contributed by atoms with Gasteiger partial charge in [0.05, 0.1) is 6.10 Å². The van der Waals surface area contributed by atoms with Crippen molar-refractivity contribution < 1.29 is 5.11 Å². The molecular formula is C18H29NO. The summed E-state index contributed by atoms with van der Waals surface area (Å²) in [6, 6.07) is 11.3. The van der Waals surface area contributed by atoms with Crippen LogP contribution in [0.4, 0.5) is 0 Å². The minimum absolute atomic E-state index is 0.242. The highest BCUT2D eigenvalue weighted by atomic mass is 16.3. The topological polar surface area (TPSA) is 32.3 Å². The molecule has 2 atom stereocenters. The standard InChI is InChI=1S/C18H29NO/c1-14-8-10-18(11-9-14)19-13-17(12-15(2)20)16-6-4-3-5-7-16/h3-7,14-15,17-20H,8-13H2,1-2H3. The van der Waals surface area contributed by atoms with Crippen LogP contribution >= 0.6 is 0 Å². The Labute approximate surface area is 123 Å². The van der Waals surface area contributed by atoms with Crippen LogP contribution in [0.15, 0.2) is 30.3 Å². The molecular weight excluding hydrogens is 246 g/mol. The summed E-state index contributed by atoms with van der Waals surface area (Å²) in [4.78, 5) is 0. The molecule has 20 heavy (non-hydrogen) atoms. The number of aliphatic hydroxyl groups is 1. The van der Waals surface area contributed by atoms with Crippen LogP contribution < -0.4 is 5.32 Å². The first-order chi connectivity index (χ1) is 9.65. The molecule has 2 nitrogen and oxygen atoms in total. The van der Waals surface area contributed by atoms with Gasteiger partial charge in [-0.15, -0.1) is 0 Å². The van der Waals surface area contributed by atoms with Crippen molar-refractivity contribution in [1.82, 2.24) is 5.32 Å². The van der Waals surface area contributed by atoms with E-state index in [1.807, 2.05) is 6.92 Å². The first-order valence-corrected chi connectivity index (χ1v) is 8.11. The molecule has 2 unspecified atom stereocenters. The summed E-state index contributed by atoms with van der Waals surface area (Å²) in [5, 5.41) is 13.5. The maximum atomic E-state index is 9.73. The predicted molar refractivity (Wildman–Crippen MR) is 84.9 cm³/mol. The smallest absolute Gasteiger partial charge is 0.0518 e. The van der Waals surface area contributed by atoms with E-state index in [-0.39, 0.29) is 6.10 Å². The van der Waals surface area contributed by atoms with Gasteiger partial charge in [-0.05, 0) is 56.4 Å². The van der Waals surface area contributed by atoms with Crippen molar-refractivity contribution in [2.75, 3.05) is 6.54 Å². The van der Waals surface area contributed by atoms with Crippen LogP contribution in [-0.4, -0.2) is 23.8 Å². The predicted octanol–water partition coefficient (Wildman–Crippen LogP) is 3.71. The quantitative estimate of drug-likeness (QED) is 0.829. The molecule has 0 saturated heterocycles. The highest BCUT2D eigenvalue weighted by Crippen LogP contribution is 2.25. The largest absolute Gasteiger partial charge is 0.393 e. The molecule has 2 heteroatoms. The van der Waals surface area contributed by atoms with Crippen LogP contribution in [0.5, 0.6) is 0 Å². The number of benzene rings is 1. The lowest BCUT2D eigenvalue weighted by atomic mass is 9.86. The molecule has 0 bridgehead atoms. The van der Waals surface area contributed by atoms with Crippen LogP contribution in [0.3, 0.4) is 0 Å². The van der Waals surface area contributed by atoms with Gasteiger partial charge in [0.15, 0.2) is 0 Å². The van der Waals surface area contributed by atoms with Crippen LogP contribution in [0.25, 0.3) is 0 Å². The molecule has 0 spiro atoms. The van der Waals surface area contributed by atoms with Crippen molar-refractivity contribution >= 4 is 0 Å². The van der Waals surface area contributed by atoms with Gasteiger partial charge in [-0.1, -0.05) is 37.3 Å². The van der Waals surface area contributed by atoms with Crippen molar-refractivity contribution in [3.63, 3.8) is 0 Å². The molecule has 0 aromatic heterocycles. The van der Waals surface area contributed by atoms with Gasteiger partial charge in [-0.3, -0.25) is 0 Å². The monoisotopic (exact) mass is 275 g/mol. The van der Waals surface area contributed by atoms with Crippen molar-refractivity contribution in [2.45, 2.75) is 64.0 Å². The van der Waals surface area contributed by atoms with E-state index >= 15 is 0 Å². The van der Waals surface area contributed by atoms with Crippen LogP contribution in [0.2, 0.25) is 0 Å². The summed E-state index contributed by atoms with van der Waals surface area (Å²) in [5.41, 5.74) is 1.34. The molecule has 1 aliphatic carbocycles. The van der Waals surface area contributed by atoms with Crippen molar-refractivity contribution in [3.05, 3.63) is 35.9 Å². The van der Waals surface area contributed by atoms with E-state index in [2.05, 4.69) is 42.6 Å².